The Hall–Kier alpha value is -0.550. The van der Waals surface area contributed by atoms with Gasteiger partial charge in [-0.15, -0.1) is 11.3 Å². The van der Waals surface area contributed by atoms with Gasteiger partial charge in [0, 0.05) is 31.5 Å². The molecule has 0 aliphatic rings. The predicted molar refractivity (Wildman–Crippen MR) is 83.6 cm³/mol. The highest BCUT2D eigenvalue weighted by molar-refractivity contribution is 9.10. The Kier molecular flexibility index (Phi) is 4.67. The molecule has 1 aromatic carbocycles. The first-order valence-corrected chi connectivity index (χ1v) is 7.57. The van der Waals surface area contributed by atoms with Crippen LogP contribution in [0.5, 0.6) is 0 Å². The smallest absolute Gasteiger partial charge is 0.0729 e. The molecule has 0 saturated carbocycles. The van der Waals surface area contributed by atoms with E-state index in [0.717, 1.165) is 15.2 Å². The molecule has 2 nitrogen and oxygen atoms in total. The Labute approximate surface area is 124 Å². The first-order valence-electron chi connectivity index (χ1n) is 5.58. The lowest BCUT2D eigenvalue weighted by Gasteiger charge is -2.16. The fourth-order valence-electron chi connectivity index (χ4n) is 1.68. The normalized spacial score (nSPS) is 12.4. The van der Waals surface area contributed by atoms with E-state index in [1.54, 1.807) is 11.3 Å². The standard InChI is InChI=1S/C13H14BrClN2S/c1-8-11(14)6-13(18-8)12(7-16)17-10-4-2-3-9(15)5-10/h2-6,12,17H,7,16H2,1H3. The van der Waals surface area contributed by atoms with Gasteiger partial charge in [0.1, 0.15) is 0 Å². The van der Waals surface area contributed by atoms with Gasteiger partial charge in [0.2, 0.25) is 0 Å². The highest BCUT2D eigenvalue weighted by Gasteiger charge is 2.13. The van der Waals surface area contributed by atoms with Crippen LogP contribution in [0.25, 0.3) is 0 Å². The monoisotopic (exact) mass is 344 g/mol. The number of thiophene rings is 1. The van der Waals surface area contributed by atoms with Crippen molar-refractivity contribution in [2.24, 2.45) is 5.73 Å². The maximum atomic E-state index is 5.97. The molecule has 0 fully saturated rings. The molecular formula is C13H14BrClN2S. The van der Waals surface area contributed by atoms with Gasteiger partial charge in [0.25, 0.3) is 0 Å². The highest BCUT2D eigenvalue weighted by atomic mass is 79.9. The average molecular weight is 346 g/mol. The molecule has 2 rings (SSSR count). The lowest BCUT2D eigenvalue weighted by Crippen LogP contribution is -2.19. The average Bonchev–Trinajstić information content (AvgIpc) is 2.66. The number of halogens is 2. The van der Waals surface area contributed by atoms with Crippen molar-refractivity contribution in [1.82, 2.24) is 0 Å². The third kappa shape index (κ3) is 3.26. The van der Waals surface area contributed by atoms with E-state index in [1.807, 2.05) is 24.3 Å². The zero-order chi connectivity index (χ0) is 13.1. The molecule has 0 aliphatic carbocycles. The Balaban J connectivity index is 2.19. The fraction of sp³-hybridized carbons (Fsp3) is 0.231. The molecule has 0 aliphatic heterocycles. The lowest BCUT2D eigenvalue weighted by atomic mass is 10.2. The lowest BCUT2D eigenvalue weighted by molar-refractivity contribution is 0.805. The van der Waals surface area contributed by atoms with Gasteiger partial charge in [-0.05, 0) is 47.1 Å². The Morgan fingerprint density at radius 2 is 2.22 bits per heavy atom. The Morgan fingerprint density at radius 1 is 1.44 bits per heavy atom. The molecule has 96 valence electrons. The molecule has 3 N–H and O–H groups in total. The van der Waals surface area contributed by atoms with Gasteiger partial charge >= 0.3 is 0 Å². The van der Waals surface area contributed by atoms with Crippen molar-refractivity contribution in [2.75, 3.05) is 11.9 Å². The van der Waals surface area contributed by atoms with E-state index >= 15 is 0 Å². The zero-order valence-electron chi connectivity index (χ0n) is 9.91. The summed E-state index contributed by atoms with van der Waals surface area (Å²) in [6.07, 6.45) is 0. The Bertz CT molecular complexity index is 522. The summed E-state index contributed by atoms with van der Waals surface area (Å²) in [5.41, 5.74) is 6.83. The van der Waals surface area contributed by atoms with E-state index in [1.165, 1.54) is 9.75 Å². The highest BCUT2D eigenvalue weighted by Crippen LogP contribution is 2.32. The number of aryl methyl sites for hydroxylation is 1. The number of rotatable bonds is 4. The maximum absolute atomic E-state index is 5.97. The van der Waals surface area contributed by atoms with Gasteiger partial charge in [0.15, 0.2) is 0 Å². The van der Waals surface area contributed by atoms with Gasteiger partial charge in [-0.25, -0.2) is 0 Å². The van der Waals surface area contributed by atoms with Gasteiger partial charge < -0.3 is 11.1 Å². The number of benzene rings is 1. The largest absolute Gasteiger partial charge is 0.376 e. The van der Waals surface area contributed by atoms with Crippen molar-refractivity contribution >= 4 is 44.6 Å². The second kappa shape index (κ2) is 6.06. The molecule has 0 spiro atoms. The van der Waals surface area contributed by atoms with Crippen LogP contribution in [-0.2, 0) is 0 Å². The van der Waals surface area contributed by atoms with Crippen LogP contribution in [0.3, 0.4) is 0 Å². The molecule has 0 radical (unpaired) electrons. The van der Waals surface area contributed by atoms with E-state index < -0.39 is 0 Å². The van der Waals surface area contributed by atoms with Crippen molar-refractivity contribution in [2.45, 2.75) is 13.0 Å². The van der Waals surface area contributed by atoms with E-state index in [-0.39, 0.29) is 6.04 Å². The van der Waals surface area contributed by atoms with Crippen molar-refractivity contribution < 1.29 is 0 Å². The summed E-state index contributed by atoms with van der Waals surface area (Å²) in [7, 11) is 0. The van der Waals surface area contributed by atoms with E-state index in [9.17, 15) is 0 Å². The number of anilines is 1. The van der Waals surface area contributed by atoms with Crippen LogP contribution in [0.15, 0.2) is 34.8 Å². The summed E-state index contributed by atoms with van der Waals surface area (Å²) in [6, 6.07) is 9.90. The third-order valence-corrected chi connectivity index (χ3v) is 5.11. The maximum Gasteiger partial charge on any atom is 0.0729 e. The van der Waals surface area contributed by atoms with Crippen LogP contribution in [0, 0.1) is 6.92 Å². The Morgan fingerprint density at radius 3 is 2.78 bits per heavy atom. The number of hydrogen-bond acceptors (Lipinski definition) is 3. The molecule has 1 atom stereocenters. The summed E-state index contributed by atoms with van der Waals surface area (Å²) in [5, 5.41) is 4.13. The molecule has 0 bridgehead atoms. The number of hydrogen-bond donors (Lipinski definition) is 2. The quantitative estimate of drug-likeness (QED) is 0.851. The number of nitrogens with one attached hydrogen (secondary N) is 1. The van der Waals surface area contributed by atoms with E-state index in [2.05, 4.69) is 34.2 Å². The summed E-state index contributed by atoms with van der Waals surface area (Å²) >= 11 is 11.3. The van der Waals surface area contributed by atoms with Crippen LogP contribution < -0.4 is 11.1 Å². The molecule has 18 heavy (non-hydrogen) atoms. The van der Waals surface area contributed by atoms with Crippen LogP contribution in [0.4, 0.5) is 5.69 Å². The second-order valence-electron chi connectivity index (χ2n) is 4.00. The molecule has 1 heterocycles. The molecule has 0 saturated heterocycles. The second-order valence-corrected chi connectivity index (χ2v) is 6.57. The zero-order valence-corrected chi connectivity index (χ0v) is 13.1. The van der Waals surface area contributed by atoms with Gasteiger partial charge in [-0.1, -0.05) is 17.7 Å². The van der Waals surface area contributed by atoms with Crippen molar-refractivity contribution in [1.29, 1.82) is 0 Å². The first kappa shape index (κ1) is 13.9. The van der Waals surface area contributed by atoms with Crippen LogP contribution in [0.1, 0.15) is 15.8 Å². The summed E-state index contributed by atoms with van der Waals surface area (Å²) < 4.78 is 1.13. The number of nitrogens with two attached hydrogens (primary N) is 1. The summed E-state index contributed by atoms with van der Waals surface area (Å²) in [4.78, 5) is 2.48. The summed E-state index contributed by atoms with van der Waals surface area (Å²) in [6.45, 7) is 2.63. The van der Waals surface area contributed by atoms with Crippen molar-refractivity contribution in [3.05, 3.63) is 49.6 Å². The summed E-state index contributed by atoms with van der Waals surface area (Å²) in [5.74, 6) is 0. The van der Waals surface area contributed by atoms with Crippen molar-refractivity contribution in [3.8, 4) is 0 Å². The minimum absolute atomic E-state index is 0.110. The van der Waals surface area contributed by atoms with E-state index in [0.29, 0.717) is 6.54 Å². The van der Waals surface area contributed by atoms with Crippen LogP contribution in [0.2, 0.25) is 5.02 Å². The van der Waals surface area contributed by atoms with Crippen molar-refractivity contribution in [3.63, 3.8) is 0 Å². The minimum Gasteiger partial charge on any atom is -0.376 e. The molecule has 1 unspecified atom stereocenters. The van der Waals surface area contributed by atoms with Crippen LogP contribution >= 0.6 is 38.9 Å². The molecular weight excluding hydrogens is 332 g/mol. The SMILES string of the molecule is Cc1sc(C(CN)Nc2cccc(Cl)c2)cc1Br. The molecule has 0 amide bonds. The minimum atomic E-state index is 0.110. The first-order chi connectivity index (χ1) is 8.60. The van der Waals surface area contributed by atoms with Gasteiger partial charge in [-0.2, -0.15) is 0 Å². The predicted octanol–water partition coefficient (Wildman–Crippen LogP) is 4.58. The molecule has 5 heteroatoms. The fourth-order valence-corrected chi connectivity index (χ4v) is 3.49. The third-order valence-electron chi connectivity index (χ3n) is 2.62. The molecule has 2 aromatic rings. The van der Waals surface area contributed by atoms with Crippen LogP contribution in [-0.4, -0.2) is 6.54 Å². The topological polar surface area (TPSA) is 38.0 Å². The molecule has 1 aromatic heterocycles. The van der Waals surface area contributed by atoms with Gasteiger partial charge in [0.05, 0.1) is 6.04 Å². The van der Waals surface area contributed by atoms with Gasteiger partial charge in [-0.3, -0.25) is 0 Å². The van der Waals surface area contributed by atoms with E-state index in [4.69, 9.17) is 17.3 Å².